The van der Waals surface area contributed by atoms with Crippen molar-refractivity contribution < 1.29 is 0 Å². The van der Waals surface area contributed by atoms with Gasteiger partial charge >= 0.3 is 0 Å². The molecule has 0 bridgehead atoms. The van der Waals surface area contributed by atoms with E-state index in [1.54, 1.807) is 0 Å². The standard InChI is InChI=1S/C34H38N2P2/c1-5-17-29(18-6-1)37(30-19-7-2-8-20-30)35-27-15-13-25-33(35)34-26-14-16-28-36(34)38(31-21-9-3-10-22-31)32-23-11-4-12-24-32/h1-12,17-24,33-34H,13-16,25-28H2/t33-,34-/m0/s1. The Hall–Kier alpha value is -2.34. The molecule has 0 N–H and O–H groups in total. The van der Waals surface area contributed by atoms with Crippen molar-refractivity contribution in [1.82, 2.24) is 9.34 Å². The minimum atomic E-state index is -0.566. The molecule has 2 aliphatic rings. The third kappa shape index (κ3) is 5.66. The lowest BCUT2D eigenvalue weighted by atomic mass is 9.92. The molecular formula is C34H38N2P2. The summed E-state index contributed by atoms with van der Waals surface area (Å²) in [5, 5.41) is 5.93. The lowest BCUT2D eigenvalue weighted by molar-refractivity contribution is 0.136. The van der Waals surface area contributed by atoms with Gasteiger partial charge in [0.15, 0.2) is 0 Å². The normalized spacial score (nSPS) is 21.1. The van der Waals surface area contributed by atoms with Crippen LogP contribution >= 0.6 is 16.1 Å². The zero-order valence-electron chi connectivity index (χ0n) is 22.1. The van der Waals surface area contributed by atoms with E-state index in [9.17, 15) is 0 Å². The van der Waals surface area contributed by atoms with E-state index >= 15 is 0 Å². The maximum Gasteiger partial charge on any atom is 0.0299 e. The molecule has 2 aliphatic heterocycles. The van der Waals surface area contributed by atoms with E-state index in [1.165, 1.54) is 72.8 Å². The van der Waals surface area contributed by atoms with E-state index in [4.69, 9.17) is 0 Å². The van der Waals surface area contributed by atoms with Gasteiger partial charge < -0.3 is 0 Å². The first-order valence-electron chi connectivity index (χ1n) is 14.2. The highest BCUT2D eigenvalue weighted by Gasteiger charge is 2.41. The van der Waals surface area contributed by atoms with Crippen LogP contribution in [0, 0.1) is 0 Å². The monoisotopic (exact) mass is 536 g/mol. The van der Waals surface area contributed by atoms with Crippen LogP contribution in [0.25, 0.3) is 0 Å². The molecule has 4 aromatic rings. The van der Waals surface area contributed by atoms with Gasteiger partial charge in [-0.05, 0) is 46.9 Å². The average Bonchev–Trinajstić information content (AvgIpc) is 3.00. The molecule has 0 radical (unpaired) electrons. The Morgan fingerprint density at radius 3 is 0.974 bits per heavy atom. The number of hydrogen-bond donors (Lipinski definition) is 0. The topological polar surface area (TPSA) is 6.48 Å². The van der Waals surface area contributed by atoms with Crippen LogP contribution in [0.1, 0.15) is 38.5 Å². The van der Waals surface area contributed by atoms with Gasteiger partial charge in [-0.1, -0.05) is 134 Å². The van der Waals surface area contributed by atoms with E-state index in [1.807, 2.05) is 0 Å². The number of piperidine rings is 2. The number of rotatable bonds is 7. The summed E-state index contributed by atoms with van der Waals surface area (Å²) in [6.07, 6.45) is 7.88. The molecule has 2 atom stereocenters. The van der Waals surface area contributed by atoms with E-state index in [2.05, 4.69) is 131 Å². The van der Waals surface area contributed by atoms with Gasteiger partial charge in [-0.3, -0.25) is 9.34 Å². The van der Waals surface area contributed by atoms with Crippen molar-refractivity contribution in [2.75, 3.05) is 13.1 Å². The quantitative estimate of drug-likeness (QED) is 0.240. The third-order valence-electron chi connectivity index (χ3n) is 8.00. The molecule has 2 saturated heterocycles. The van der Waals surface area contributed by atoms with E-state index in [0.29, 0.717) is 12.1 Å². The minimum Gasteiger partial charge on any atom is -0.270 e. The van der Waals surface area contributed by atoms with E-state index in [0.717, 1.165) is 0 Å². The van der Waals surface area contributed by atoms with Crippen LogP contribution in [0.3, 0.4) is 0 Å². The summed E-state index contributed by atoms with van der Waals surface area (Å²) in [5.41, 5.74) is 0. The fourth-order valence-corrected chi connectivity index (χ4v) is 11.7. The molecule has 2 fully saturated rings. The summed E-state index contributed by atoms with van der Waals surface area (Å²) < 4.78 is 5.91. The summed E-state index contributed by atoms with van der Waals surface area (Å²) in [7, 11) is -1.13. The van der Waals surface area contributed by atoms with Gasteiger partial charge in [0.25, 0.3) is 0 Å². The molecule has 194 valence electrons. The molecule has 4 heteroatoms. The van der Waals surface area contributed by atoms with Gasteiger partial charge in [0, 0.05) is 41.3 Å². The highest BCUT2D eigenvalue weighted by molar-refractivity contribution is 7.71. The maximum absolute atomic E-state index is 2.95. The summed E-state index contributed by atoms with van der Waals surface area (Å²) in [6.45, 7) is 2.39. The first kappa shape index (κ1) is 25.9. The zero-order chi connectivity index (χ0) is 25.6. The van der Waals surface area contributed by atoms with Crippen LogP contribution < -0.4 is 21.2 Å². The second kappa shape index (κ2) is 12.7. The fourth-order valence-electron chi connectivity index (χ4n) is 6.33. The Balaban J connectivity index is 1.41. The molecule has 0 aromatic heterocycles. The lowest BCUT2D eigenvalue weighted by Crippen LogP contribution is -2.54. The molecule has 38 heavy (non-hydrogen) atoms. The van der Waals surface area contributed by atoms with E-state index < -0.39 is 16.1 Å². The molecule has 6 rings (SSSR count). The van der Waals surface area contributed by atoms with Crippen LogP contribution in [0.5, 0.6) is 0 Å². The molecule has 2 nitrogen and oxygen atoms in total. The van der Waals surface area contributed by atoms with Crippen molar-refractivity contribution in [3.8, 4) is 0 Å². The second-order valence-electron chi connectivity index (χ2n) is 10.4. The minimum absolute atomic E-state index is 0.566. The Labute approximate surface area is 231 Å². The summed E-state index contributed by atoms with van der Waals surface area (Å²) in [6, 6.07) is 46.5. The molecule has 0 unspecified atom stereocenters. The van der Waals surface area contributed by atoms with Gasteiger partial charge in [-0.15, -0.1) is 0 Å². The van der Waals surface area contributed by atoms with Gasteiger partial charge in [0.05, 0.1) is 0 Å². The molecule has 0 saturated carbocycles. The fraction of sp³-hybridized carbons (Fsp3) is 0.294. The SMILES string of the molecule is c1ccc(P(c2ccccc2)N2CCCC[C@H]2[C@@H]2CCCCN2P(c2ccccc2)c2ccccc2)cc1. The lowest BCUT2D eigenvalue weighted by Gasteiger charge is -2.51. The Bertz CT molecular complexity index is 1070. The Kier molecular flexibility index (Phi) is 8.64. The van der Waals surface area contributed by atoms with Crippen LogP contribution in [-0.2, 0) is 0 Å². The third-order valence-corrected chi connectivity index (χ3v) is 13.2. The van der Waals surface area contributed by atoms with Gasteiger partial charge in [-0.25, -0.2) is 0 Å². The molecular weight excluding hydrogens is 498 g/mol. The van der Waals surface area contributed by atoms with Gasteiger partial charge in [0.2, 0.25) is 0 Å². The average molecular weight is 537 g/mol. The molecule has 0 amide bonds. The molecule has 0 aliphatic carbocycles. The second-order valence-corrected chi connectivity index (χ2v) is 14.8. The van der Waals surface area contributed by atoms with Gasteiger partial charge in [-0.2, -0.15) is 0 Å². The predicted octanol–water partition coefficient (Wildman–Crippen LogP) is 6.79. The molecule has 4 aromatic carbocycles. The van der Waals surface area contributed by atoms with Gasteiger partial charge in [0.1, 0.15) is 0 Å². The maximum atomic E-state index is 2.95. The highest BCUT2D eigenvalue weighted by atomic mass is 31.1. The molecule has 0 spiro atoms. The van der Waals surface area contributed by atoms with Crippen LogP contribution in [-0.4, -0.2) is 34.5 Å². The van der Waals surface area contributed by atoms with Crippen molar-refractivity contribution in [1.29, 1.82) is 0 Å². The number of hydrogen-bond acceptors (Lipinski definition) is 2. The van der Waals surface area contributed by atoms with E-state index in [-0.39, 0.29) is 0 Å². The smallest absolute Gasteiger partial charge is 0.0299 e. The Morgan fingerprint density at radius 2 is 0.684 bits per heavy atom. The van der Waals surface area contributed by atoms with Crippen LogP contribution in [0.4, 0.5) is 0 Å². The molecule has 2 heterocycles. The van der Waals surface area contributed by atoms with Crippen molar-refractivity contribution in [3.05, 3.63) is 121 Å². The first-order chi connectivity index (χ1) is 18.9. The van der Waals surface area contributed by atoms with Crippen molar-refractivity contribution in [3.63, 3.8) is 0 Å². The number of nitrogens with zero attached hydrogens (tertiary/aromatic N) is 2. The zero-order valence-corrected chi connectivity index (χ0v) is 23.9. The van der Waals surface area contributed by atoms with Crippen LogP contribution in [0.2, 0.25) is 0 Å². The van der Waals surface area contributed by atoms with Crippen molar-refractivity contribution in [2.24, 2.45) is 0 Å². The highest BCUT2D eigenvalue weighted by Crippen LogP contribution is 2.50. The summed E-state index contributed by atoms with van der Waals surface area (Å²) in [4.78, 5) is 0. The van der Waals surface area contributed by atoms with Crippen molar-refractivity contribution >= 4 is 37.4 Å². The largest absolute Gasteiger partial charge is 0.270 e. The predicted molar refractivity (Wildman–Crippen MR) is 167 cm³/mol. The number of benzene rings is 4. The summed E-state index contributed by atoms with van der Waals surface area (Å²) in [5.74, 6) is 0. The van der Waals surface area contributed by atoms with Crippen molar-refractivity contribution in [2.45, 2.75) is 50.6 Å². The summed E-state index contributed by atoms with van der Waals surface area (Å²) >= 11 is 0. The Morgan fingerprint density at radius 1 is 0.395 bits per heavy atom. The first-order valence-corrected chi connectivity index (χ1v) is 16.8. The van der Waals surface area contributed by atoms with Crippen LogP contribution in [0.15, 0.2) is 121 Å².